The van der Waals surface area contributed by atoms with Crippen LogP contribution >= 0.6 is 0 Å². The van der Waals surface area contributed by atoms with Crippen LogP contribution in [0.3, 0.4) is 0 Å². The van der Waals surface area contributed by atoms with E-state index in [1.54, 1.807) is 0 Å². The number of carbonyl (C=O) groups excluding carboxylic acids is 3. The van der Waals surface area contributed by atoms with E-state index < -0.39 is 6.10 Å². The van der Waals surface area contributed by atoms with Gasteiger partial charge in [-0.1, -0.05) is 288 Å². The fourth-order valence-corrected chi connectivity index (χ4v) is 9.04. The number of hydrogen-bond donors (Lipinski definition) is 0. The predicted octanol–water partition coefficient (Wildman–Crippen LogP) is 23.7. The highest BCUT2D eigenvalue weighted by Crippen LogP contribution is 2.16. The number of rotatable bonds is 60. The summed E-state index contributed by atoms with van der Waals surface area (Å²) in [5.74, 6) is -0.937. The van der Waals surface area contributed by atoms with Crippen LogP contribution in [0.4, 0.5) is 0 Å². The molecule has 6 heteroatoms. The van der Waals surface area contributed by atoms with Crippen LogP contribution in [-0.2, 0) is 28.6 Å². The Labute approximate surface area is 511 Å². The van der Waals surface area contributed by atoms with E-state index in [-0.39, 0.29) is 31.1 Å². The summed E-state index contributed by atoms with van der Waals surface area (Å²) in [5, 5.41) is 0. The van der Waals surface area contributed by atoms with Crippen molar-refractivity contribution in [3.05, 3.63) is 158 Å². The first-order valence-electron chi connectivity index (χ1n) is 34.0. The second-order valence-corrected chi connectivity index (χ2v) is 21.9. The second-order valence-electron chi connectivity index (χ2n) is 21.9. The standard InChI is InChI=1S/C77H124O6/c1-4-7-10-13-16-19-22-25-28-31-34-36-38-40-43-46-49-52-55-58-61-64-67-70-76(79)82-73-74(72-81-75(78)69-66-63-60-57-54-51-48-45-42-33-30-27-24-21-18-15-12-9-6-3)83-77(80)71-68-65-62-59-56-53-50-47-44-41-39-37-35-32-29-26-23-20-17-14-11-8-5-2/h7-12,16-21,25-30,34-37,42,45,51,54,74H,4-6,13-15,22-24,31-33,38-41,43-44,46-50,52-53,55-73H2,1-3H3/b10-7-,11-8-,12-9-,19-16-,20-17-,21-18-,28-25-,29-26-,30-27-,36-34-,37-35-,45-42-,54-51-. The molecule has 0 rings (SSSR count). The molecule has 0 fully saturated rings. The van der Waals surface area contributed by atoms with Gasteiger partial charge in [0.05, 0.1) is 0 Å². The van der Waals surface area contributed by atoms with Crippen molar-refractivity contribution in [1.29, 1.82) is 0 Å². The Morgan fingerprint density at radius 1 is 0.241 bits per heavy atom. The zero-order valence-corrected chi connectivity index (χ0v) is 53.7. The van der Waals surface area contributed by atoms with Crippen molar-refractivity contribution in [3.8, 4) is 0 Å². The highest BCUT2D eigenvalue weighted by atomic mass is 16.6. The fraction of sp³-hybridized carbons (Fsp3) is 0.623. The first-order valence-corrected chi connectivity index (χ1v) is 34.0. The molecular weight excluding hydrogens is 1020 g/mol. The molecule has 0 aliphatic heterocycles. The van der Waals surface area contributed by atoms with Crippen LogP contribution in [0.5, 0.6) is 0 Å². The lowest BCUT2D eigenvalue weighted by Crippen LogP contribution is -2.30. The molecule has 0 bridgehead atoms. The maximum atomic E-state index is 13.0. The van der Waals surface area contributed by atoms with Crippen molar-refractivity contribution < 1.29 is 28.6 Å². The van der Waals surface area contributed by atoms with Crippen molar-refractivity contribution in [2.45, 2.75) is 297 Å². The number of ether oxygens (including phenoxy) is 3. The molecule has 0 aromatic rings. The van der Waals surface area contributed by atoms with Crippen molar-refractivity contribution in [2.24, 2.45) is 0 Å². The molecule has 1 atom stereocenters. The molecule has 0 spiro atoms. The zero-order valence-electron chi connectivity index (χ0n) is 53.7. The average Bonchev–Trinajstić information content (AvgIpc) is 3.49. The molecule has 0 amide bonds. The van der Waals surface area contributed by atoms with Crippen molar-refractivity contribution >= 4 is 17.9 Å². The van der Waals surface area contributed by atoms with Crippen molar-refractivity contribution in [3.63, 3.8) is 0 Å². The Morgan fingerprint density at radius 3 is 0.687 bits per heavy atom. The minimum atomic E-state index is -0.806. The minimum Gasteiger partial charge on any atom is -0.462 e. The van der Waals surface area contributed by atoms with Gasteiger partial charge >= 0.3 is 17.9 Å². The van der Waals surface area contributed by atoms with E-state index in [1.165, 1.54) is 103 Å². The number of esters is 3. The van der Waals surface area contributed by atoms with E-state index >= 15 is 0 Å². The molecule has 0 aromatic heterocycles. The fourth-order valence-electron chi connectivity index (χ4n) is 9.04. The molecule has 0 aromatic carbocycles. The van der Waals surface area contributed by atoms with Gasteiger partial charge in [-0.05, 0) is 141 Å². The topological polar surface area (TPSA) is 78.9 Å². The summed E-state index contributed by atoms with van der Waals surface area (Å²) in [6.45, 7) is 6.28. The van der Waals surface area contributed by atoms with Crippen molar-refractivity contribution in [1.82, 2.24) is 0 Å². The molecule has 0 saturated carbocycles. The lowest BCUT2D eigenvalue weighted by atomic mass is 10.0. The van der Waals surface area contributed by atoms with Gasteiger partial charge in [0, 0.05) is 19.3 Å². The van der Waals surface area contributed by atoms with E-state index in [4.69, 9.17) is 14.2 Å². The van der Waals surface area contributed by atoms with Gasteiger partial charge in [-0.3, -0.25) is 14.4 Å². The summed E-state index contributed by atoms with van der Waals surface area (Å²) < 4.78 is 17.0. The SMILES string of the molecule is CC/C=C\C/C=C\C/C=C\C/C=C\C/C=C\CCCCCC(=O)OCC(COC(=O)CCCCCCCCCCCC/C=C\C/C=C\C/C=C\C/C=C\CC)OC(=O)CCCCCCCCCCCC/C=C\C/C=C\C/C=C\C/C=C\CC. The van der Waals surface area contributed by atoms with Gasteiger partial charge < -0.3 is 14.2 Å². The van der Waals surface area contributed by atoms with Crippen LogP contribution in [-0.4, -0.2) is 37.2 Å². The van der Waals surface area contributed by atoms with Gasteiger partial charge in [0.2, 0.25) is 0 Å². The lowest BCUT2D eigenvalue weighted by molar-refractivity contribution is -0.167. The third-order valence-corrected chi connectivity index (χ3v) is 14.0. The molecule has 0 saturated heterocycles. The Bertz CT molecular complexity index is 1840. The third-order valence-electron chi connectivity index (χ3n) is 14.0. The molecule has 0 radical (unpaired) electrons. The van der Waals surface area contributed by atoms with Gasteiger partial charge in [0.25, 0.3) is 0 Å². The Hall–Kier alpha value is -4.97. The van der Waals surface area contributed by atoms with Gasteiger partial charge in [-0.2, -0.15) is 0 Å². The second kappa shape index (κ2) is 69.5. The third kappa shape index (κ3) is 67.7. The van der Waals surface area contributed by atoms with Gasteiger partial charge in [-0.25, -0.2) is 0 Å². The summed E-state index contributed by atoms with van der Waals surface area (Å²) in [4.78, 5) is 38.5. The first kappa shape index (κ1) is 78.0. The highest BCUT2D eigenvalue weighted by Gasteiger charge is 2.19. The summed E-state index contributed by atoms with van der Waals surface area (Å²) in [5.41, 5.74) is 0. The van der Waals surface area contributed by atoms with E-state index in [0.29, 0.717) is 19.3 Å². The Kier molecular flexibility index (Phi) is 65.4. The zero-order chi connectivity index (χ0) is 59.9. The van der Waals surface area contributed by atoms with E-state index in [2.05, 4.69) is 179 Å². The van der Waals surface area contributed by atoms with Crippen LogP contribution in [0.15, 0.2) is 158 Å². The Balaban J connectivity index is 4.47. The minimum absolute atomic E-state index is 0.0982. The number of unbranched alkanes of at least 4 members (excludes halogenated alkanes) is 23. The summed E-state index contributed by atoms with van der Waals surface area (Å²) >= 11 is 0. The average molecular weight is 1150 g/mol. The van der Waals surface area contributed by atoms with E-state index in [9.17, 15) is 14.4 Å². The number of allylic oxidation sites excluding steroid dienone is 26. The lowest BCUT2D eigenvalue weighted by Gasteiger charge is -2.18. The number of carbonyl (C=O) groups is 3. The highest BCUT2D eigenvalue weighted by molar-refractivity contribution is 5.71. The molecule has 0 aliphatic rings. The molecule has 0 aliphatic carbocycles. The smallest absolute Gasteiger partial charge is 0.306 e. The molecule has 6 nitrogen and oxygen atoms in total. The molecule has 1 unspecified atom stereocenters. The van der Waals surface area contributed by atoms with Crippen LogP contribution in [0.1, 0.15) is 290 Å². The first-order chi connectivity index (χ1) is 41.0. The Morgan fingerprint density at radius 2 is 0.434 bits per heavy atom. The number of hydrogen-bond acceptors (Lipinski definition) is 6. The van der Waals surface area contributed by atoms with Crippen LogP contribution in [0.25, 0.3) is 0 Å². The molecule has 83 heavy (non-hydrogen) atoms. The summed E-state index contributed by atoms with van der Waals surface area (Å²) in [6.07, 6.45) is 101. The monoisotopic (exact) mass is 1140 g/mol. The maximum absolute atomic E-state index is 13.0. The van der Waals surface area contributed by atoms with E-state index in [0.717, 1.165) is 148 Å². The molecular formula is C77H124O6. The summed E-state index contributed by atoms with van der Waals surface area (Å²) in [7, 11) is 0. The molecule has 0 N–H and O–H groups in total. The maximum Gasteiger partial charge on any atom is 0.306 e. The van der Waals surface area contributed by atoms with E-state index in [1.807, 2.05) is 0 Å². The quantitative estimate of drug-likeness (QED) is 0.0261. The molecule has 0 heterocycles. The van der Waals surface area contributed by atoms with Gasteiger partial charge in [0.1, 0.15) is 13.2 Å². The predicted molar refractivity (Wildman–Crippen MR) is 362 cm³/mol. The van der Waals surface area contributed by atoms with Crippen LogP contribution < -0.4 is 0 Å². The largest absolute Gasteiger partial charge is 0.462 e. The van der Waals surface area contributed by atoms with Crippen molar-refractivity contribution in [2.75, 3.05) is 13.2 Å². The molecule has 468 valence electrons. The summed E-state index contributed by atoms with van der Waals surface area (Å²) in [6, 6.07) is 0. The normalized spacial score (nSPS) is 13.1. The van der Waals surface area contributed by atoms with Crippen LogP contribution in [0.2, 0.25) is 0 Å². The van der Waals surface area contributed by atoms with Gasteiger partial charge in [-0.15, -0.1) is 0 Å². The van der Waals surface area contributed by atoms with Gasteiger partial charge in [0.15, 0.2) is 6.10 Å². The van der Waals surface area contributed by atoms with Crippen LogP contribution in [0, 0.1) is 0 Å².